The molecule has 0 aliphatic heterocycles. The van der Waals surface area contributed by atoms with Crippen molar-refractivity contribution >= 4 is 99.5 Å². The van der Waals surface area contributed by atoms with Crippen molar-refractivity contribution in [2.75, 3.05) is 9.80 Å². The van der Waals surface area contributed by atoms with Gasteiger partial charge >= 0.3 is 0 Å². The average molecular weight is 1130 g/mol. The first-order chi connectivity index (χ1) is 42.9. The van der Waals surface area contributed by atoms with Crippen LogP contribution in [0.25, 0.3) is 98.8 Å². The fraction of sp³-hybridized carbons (Fsp3) is 0.119. The molecule has 3 aliphatic rings. The Hall–Kier alpha value is -10.4. The van der Waals surface area contributed by atoms with E-state index in [4.69, 9.17) is 8.83 Å². The number of nitrogens with zero attached hydrogens (tertiary/aromatic N) is 2. The van der Waals surface area contributed by atoms with Gasteiger partial charge < -0.3 is 18.6 Å². The van der Waals surface area contributed by atoms with Crippen LogP contribution in [0.2, 0.25) is 0 Å². The van der Waals surface area contributed by atoms with Crippen molar-refractivity contribution in [2.45, 2.75) is 64.2 Å². The molecule has 88 heavy (non-hydrogen) atoms. The van der Waals surface area contributed by atoms with E-state index in [1.807, 2.05) is 0 Å². The smallest absolute Gasteiger partial charge is 0.139 e. The van der Waals surface area contributed by atoms with Crippen molar-refractivity contribution in [3.05, 3.63) is 299 Å². The lowest BCUT2D eigenvalue weighted by molar-refractivity contribution is 0.572. The SMILES string of the molecule is CC(C)(C)c1cc(N(c2ccccc2)c2ccc3c4c(c5ccccc5c3c2)-c2c(cc(N(c3ccccc3)c3cc(C(C)(C)C)c5oc6ccccc6c5c3)c3c2-c2ccccc2C3)C42c3ccccc3-c3ccccc32)cc2c1oc1ccccc12. The molecule has 0 bridgehead atoms. The van der Waals surface area contributed by atoms with E-state index in [-0.39, 0.29) is 10.8 Å². The summed E-state index contributed by atoms with van der Waals surface area (Å²) >= 11 is 0. The third-order valence-electron chi connectivity index (χ3n) is 19.6. The Bertz CT molecular complexity index is 5410. The summed E-state index contributed by atoms with van der Waals surface area (Å²) in [6, 6.07) is 95.7. The summed E-state index contributed by atoms with van der Waals surface area (Å²) < 4.78 is 13.6. The zero-order valence-electron chi connectivity index (χ0n) is 50.2. The Balaban J connectivity index is 0.973. The second kappa shape index (κ2) is 18.3. The van der Waals surface area contributed by atoms with Crippen LogP contribution in [0.1, 0.15) is 86.1 Å². The highest BCUT2D eigenvalue weighted by Crippen LogP contribution is 2.69. The van der Waals surface area contributed by atoms with Gasteiger partial charge in [0.15, 0.2) is 0 Å². The number of rotatable bonds is 6. The van der Waals surface area contributed by atoms with Crippen LogP contribution >= 0.6 is 0 Å². The molecule has 0 unspecified atom stereocenters. The van der Waals surface area contributed by atoms with Crippen LogP contribution in [-0.4, -0.2) is 0 Å². The number of hydrogen-bond donors (Lipinski definition) is 0. The predicted molar refractivity (Wildman–Crippen MR) is 367 cm³/mol. The number of para-hydroxylation sites is 4. The van der Waals surface area contributed by atoms with Gasteiger partial charge in [-0.15, -0.1) is 0 Å². The first-order valence-corrected chi connectivity index (χ1v) is 31.0. The molecule has 0 saturated heterocycles. The molecule has 13 aromatic carbocycles. The Morgan fingerprint density at radius 1 is 0.330 bits per heavy atom. The molecular formula is C84H62N2O2. The van der Waals surface area contributed by atoms with Gasteiger partial charge in [0.1, 0.15) is 22.3 Å². The van der Waals surface area contributed by atoms with E-state index in [2.05, 4.69) is 306 Å². The van der Waals surface area contributed by atoms with E-state index in [0.29, 0.717) is 0 Å². The van der Waals surface area contributed by atoms with Gasteiger partial charge in [0.25, 0.3) is 0 Å². The van der Waals surface area contributed by atoms with Gasteiger partial charge in [0.2, 0.25) is 0 Å². The molecule has 15 aromatic rings. The predicted octanol–water partition coefficient (Wildman–Crippen LogP) is 23.2. The lowest BCUT2D eigenvalue weighted by Gasteiger charge is -2.34. The van der Waals surface area contributed by atoms with Gasteiger partial charge in [-0.2, -0.15) is 0 Å². The largest absolute Gasteiger partial charge is 0.456 e. The minimum Gasteiger partial charge on any atom is -0.456 e. The van der Waals surface area contributed by atoms with E-state index in [1.54, 1.807) is 0 Å². The maximum absolute atomic E-state index is 6.85. The summed E-state index contributed by atoms with van der Waals surface area (Å²) in [5, 5.41) is 9.41. The van der Waals surface area contributed by atoms with Gasteiger partial charge in [0.05, 0.1) is 11.1 Å². The average Bonchev–Trinajstić information content (AvgIpc) is 1.48. The molecule has 1 spiro atoms. The zero-order valence-corrected chi connectivity index (χ0v) is 50.2. The summed E-state index contributed by atoms with van der Waals surface area (Å²) in [6.45, 7) is 13.8. The Morgan fingerprint density at radius 2 is 0.807 bits per heavy atom. The standard InChI is InChI=1S/C84H62N2O2/c1-82(2,3)71-47-54(45-65-60-34-19-23-39-74(60)87-80(65)71)85(51-26-9-7-10-27-51)53-41-42-63-64(44-53)57-31-15-16-36-62(57)77-78-70(84(79(63)77)68-37-21-17-32-58(68)59-33-18-22-38-69(59)84)49-73(67-43-50-25-13-14-30-56(50)76(67)78)86(52-28-11-8-12-29-52)55-46-66-61-35-20-24-40-75(61)88-81(66)72(48-55)83(4,5)6/h7-42,44-49H,43H2,1-6H3. The van der Waals surface area contributed by atoms with E-state index < -0.39 is 5.41 Å². The molecule has 4 heteroatoms. The number of hydrogen-bond acceptors (Lipinski definition) is 4. The van der Waals surface area contributed by atoms with Gasteiger partial charge in [-0.25, -0.2) is 0 Å². The van der Waals surface area contributed by atoms with Gasteiger partial charge in [0, 0.05) is 67.5 Å². The van der Waals surface area contributed by atoms with Crippen LogP contribution in [0.5, 0.6) is 0 Å². The summed E-state index contributed by atoms with van der Waals surface area (Å²) in [5.74, 6) is 0. The Labute approximate surface area is 512 Å². The fourth-order valence-corrected chi connectivity index (χ4v) is 16.0. The second-order valence-electron chi connectivity index (χ2n) is 26.7. The van der Waals surface area contributed by atoms with E-state index in [0.717, 1.165) is 78.7 Å². The fourth-order valence-electron chi connectivity index (χ4n) is 16.0. The Morgan fingerprint density at radius 3 is 1.40 bits per heavy atom. The third kappa shape index (κ3) is 7.03. The van der Waals surface area contributed by atoms with Crippen LogP contribution in [0.4, 0.5) is 34.1 Å². The molecule has 2 heterocycles. The van der Waals surface area contributed by atoms with Crippen molar-refractivity contribution in [1.82, 2.24) is 0 Å². The normalized spacial score (nSPS) is 13.6. The van der Waals surface area contributed by atoms with Crippen molar-refractivity contribution in [2.24, 2.45) is 0 Å². The van der Waals surface area contributed by atoms with Crippen LogP contribution in [0.15, 0.2) is 264 Å². The van der Waals surface area contributed by atoms with Crippen LogP contribution < -0.4 is 9.80 Å². The molecule has 420 valence electrons. The number of furan rings is 2. The molecule has 0 saturated carbocycles. The lowest BCUT2D eigenvalue weighted by atomic mass is 9.68. The van der Waals surface area contributed by atoms with Crippen molar-refractivity contribution in [3.8, 4) is 33.4 Å². The van der Waals surface area contributed by atoms with Crippen molar-refractivity contribution < 1.29 is 8.83 Å². The molecule has 0 fully saturated rings. The van der Waals surface area contributed by atoms with Gasteiger partial charge in [-0.1, -0.05) is 217 Å². The molecule has 0 N–H and O–H groups in total. The van der Waals surface area contributed by atoms with Crippen LogP contribution in [0.3, 0.4) is 0 Å². The highest BCUT2D eigenvalue weighted by Gasteiger charge is 2.55. The number of anilines is 6. The zero-order chi connectivity index (χ0) is 58.9. The van der Waals surface area contributed by atoms with Crippen molar-refractivity contribution in [3.63, 3.8) is 0 Å². The van der Waals surface area contributed by atoms with Crippen LogP contribution in [0, 0.1) is 0 Å². The minimum atomic E-state index is -0.735. The molecule has 0 atom stereocenters. The lowest BCUT2D eigenvalue weighted by Crippen LogP contribution is -2.27. The topological polar surface area (TPSA) is 32.8 Å². The van der Waals surface area contributed by atoms with E-state index >= 15 is 0 Å². The highest BCUT2D eigenvalue weighted by atomic mass is 16.3. The van der Waals surface area contributed by atoms with E-state index in [1.165, 1.54) is 105 Å². The van der Waals surface area contributed by atoms with Gasteiger partial charge in [-0.3, -0.25) is 0 Å². The summed E-state index contributed by atoms with van der Waals surface area (Å²) in [7, 11) is 0. The number of fused-ring (bicyclic) bond motifs is 25. The first kappa shape index (κ1) is 50.9. The molecule has 0 radical (unpaired) electrons. The van der Waals surface area contributed by atoms with Gasteiger partial charge in [-0.05, 0) is 178 Å². The van der Waals surface area contributed by atoms with Crippen molar-refractivity contribution in [1.29, 1.82) is 0 Å². The number of benzene rings is 13. The first-order valence-electron chi connectivity index (χ1n) is 31.0. The maximum atomic E-state index is 6.85. The molecule has 3 aliphatic carbocycles. The minimum absolute atomic E-state index is 0.210. The van der Waals surface area contributed by atoms with E-state index in [9.17, 15) is 0 Å². The Kier molecular flexibility index (Phi) is 10.6. The molecule has 18 rings (SSSR count). The molecular weight excluding hydrogens is 1070 g/mol. The molecule has 4 nitrogen and oxygen atoms in total. The second-order valence-corrected chi connectivity index (χ2v) is 26.7. The summed E-state index contributed by atoms with van der Waals surface area (Å²) in [5.41, 5.74) is 27.2. The van der Waals surface area contributed by atoms with Crippen LogP contribution in [-0.2, 0) is 22.7 Å². The summed E-state index contributed by atoms with van der Waals surface area (Å²) in [4.78, 5) is 5.05. The monoisotopic (exact) mass is 1130 g/mol. The molecule has 0 amide bonds. The summed E-state index contributed by atoms with van der Waals surface area (Å²) in [6.07, 6.45) is 0.789. The highest BCUT2D eigenvalue weighted by molar-refractivity contribution is 6.23. The quantitative estimate of drug-likeness (QED) is 0.155. The molecule has 2 aromatic heterocycles. The maximum Gasteiger partial charge on any atom is 0.139 e. The third-order valence-corrected chi connectivity index (χ3v) is 19.6.